The molecule has 1 fully saturated rings. The molecule has 1 unspecified atom stereocenters. The third-order valence-electron chi connectivity index (χ3n) is 3.02. The van der Waals surface area contributed by atoms with Gasteiger partial charge in [0.1, 0.15) is 0 Å². The monoisotopic (exact) mass is 165 g/mol. The van der Waals surface area contributed by atoms with E-state index in [0.29, 0.717) is 5.41 Å². The molecular formula is C10H15NO. The summed E-state index contributed by atoms with van der Waals surface area (Å²) in [6.45, 7) is 4.29. The summed E-state index contributed by atoms with van der Waals surface area (Å²) in [4.78, 5) is 0. The van der Waals surface area contributed by atoms with Gasteiger partial charge in [0.25, 0.3) is 0 Å². The van der Waals surface area contributed by atoms with Crippen LogP contribution < -0.4 is 5.73 Å². The van der Waals surface area contributed by atoms with E-state index in [-0.39, 0.29) is 6.04 Å². The fourth-order valence-corrected chi connectivity index (χ4v) is 1.57. The molecule has 1 aliphatic rings. The maximum absolute atomic E-state index is 6.12. The summed E-state index contributed by atoms with van der Waals surface area (Å²) < 4.78 is 5.11. The van der Waals surface area contributed by atoms with Gasteiger partial charge in [-0.1, -0.05) is 6.92 Å². The number of furan rings is 1. The predicted octanol–water partition coefficient (Wildman–Crippen LogP) is 2.39. The van der Waals surface area contributed by atoms with Crippen LogP contribution in [-0.4, -0.2) is 0 Å². The summed E-state index contributed by atoms with van der Waals surface area (Å²) in [7, 11) is 0. The highest BCUT2D eigenvalue weighted by Crippen LogP contribution is 2.53. The first-order chi connectivity index (χ1) is 5.63. The van der Waals surface area contributed by atoms with Crippen LogP contribution in [0.5, 0.6) is 0 Å². The van der Waals surface area contributed by atoms with Crippen molar-refractivity contribution < 1.29 is 4.42 Å². The van der Waals surface area contributed by atoms with E-state index in [1.165, 1.54) is 24.0 Å². The molecule has 1 atom stereocenters. The van der Waals surface area contributed by atoms with Crippen molar-refractivity contribution in [2.24, 2.45) is 11.1 Å². The fraction of sp³-hybridized carbons (Fsp3) is 0.600. The smallest absolute Gasteiger partial charge is 0.0953 e. The normalized spacial score (nSPS) is 22.2. The first kappa shape index (κ1) is 7.87. The lowest BCUT2D eigenvalue weighted by Gasteiger charge is -2.17. The van der Waals surface area contributed by atoms with E-state index in [9.17, 15) is 0 Å². The van der Waals surface area contributed by atoms with Crippen LogP contribution in [-0.2, 0) is 0 Å². The number of aryl methyl sites for hydroxylation is 1. The van der Waals surface area contributed by atoms with Gasteiger partial charge in [-0.3, -0.25) is 0 Å². The molecule has 2 N–H and O–H groups in total. The lowest BCUT2D eigenvalue weighted by atomic mass is 9.92. The van der Waals surface area contributed by atoms with Crippen molar-refractivity contribution in [3.8, 4) is 0 Å². The third-order valence-corrected chi connectivity index (χ3v) is 3.02. The maximum atomic E-state index is 6.12. The second kappa shape index (κ2) is 2.36. The topological polar surface area (TPSA) is 39.2 Å². The first-order valence-electron chi connectivity index (χ1n) is 4.42. The average molecular weight is 165 g/mol. The van der Waals surface area contributed by atoms with Gasteiger partial charge in [-0.25, -0.2) is 0 Å². The van der Waals surface area contributed by atoms with Crippen molar-refractivity contribution in [3.05, 3.63) is 23.7 Å². The van der Waals surface area contributed by atoms with Crippen molar-refractivity contribution in [2.45, 2.75) is 32.7 Å². The van der Waals surface area contributed by atoms with E-state index >= 15 is 0 Å². The van der Waals surface area contributed by atoms with Crippen LogP contribution in [0.3, 0.4) is 0 Å². The molecule has 2 nitrogen and oxygen atoms in total. The largest absolute Gasteiger partial charge is 0.472 e. The Hall–Kier alpha value is -0.760. The minimum absolute atomic E-state index is 0.163. The molecule has 66 valence electrons. The summed E-state index contributed by atoms with van der Waals surface area (Å²) in [6, 6.07) is 0.163. The maximum Gasteiger partial charge on any atom is 0.0953 e. The van der Waals surface area contributed by atoms with Crippen molar-refractivity contribution >= 4 is 0 Å². The summed E-state index contributed by atoms with van der Waals surface area (Å²) in [5.41, 5.74) is 8.81. The van der Waals surface area contributed by atoms with Crippen LogP contribution in [0.1, 0.15) is 36.9 Å². The molecule has 0 bridgehead atoms. The lowest BCUT2D eigenvalue weighted by molar-refractivity contribution is 0.444. The minimum Gasteiger partial charge on any atom is -0.472 e. The van der Waals surface area contributed by atoms with Gasteiger partial charge in [0.05, 0.1) is 12.5 Å². The average Bonchev–Trinajstić information content (AvgIpc) is 2.63. The molecule has 12 heavy (non-hydrogen) atoms. The molecule has 0 radical (unpaired) electrons. The molecular weight excluding hydrogens is 150 g/mol. The second-order valence-electron chi connectivity index (χ2n) is 4.14. The molecule has 0 aliphatic heterocycles. The zero-order valence-electron chi connectivity index (χ0n) is 7.63. The Kier molecular flexibility index (Phi) is 1.55. The minimum atomic E-state index is 0.163. The molecule has 0 spiro atoms. The van der Waals surface area contributed by atoms with E-state index in [4.69, 9.17) is 10.2 Å². The Morgan fingerprint density at radius 3 is 2.58 bits per heavy atom. The zero-order valence-corrected chi connectivity index (χ0v) is 7.63. The summed E-state index contributed by atoms with van der Waals surface area (Å²) in [6.07, 6.45) is 6.04. The van der Waals surface area contributed by atoms with Gasteiger partial charge in [-0.15, -0.1) is 0 Å². The fourth-order valence-electron chi connectivity index (χ4n) is 1.57. The van der Waals surface area contributed by atoms with Gasteiger partial charge < -0.3 is 10.2 Å². The van der Waals surface area contributed by atoms with Crippen LogP contribution in [0, 0.1) is 12.3 Å². The zero-order chi connectivity index (χ0) is 8.77. The van der Waals surface area contributed by atoms with E-state index < -0.39 is 0 Å². The second-order valence-corrected chi connectivity index (χ2v) is 4.14. The summed E-state index contributed by atoms with van der Waals surface area (Å²) in [5.74, 6) is 0. The van der Waals surface area contributed by atoms with E-state index in [1.54, 1.807) is 12.5 Å². The van der Waals surface area contributed by atoms with Crippen LogP contribution in [0.4, 0.5) is 0 Å². The SMILES string of the molecule is Cc1cocc1C(N)C1(C)CC1. The molecule has 1 saturated carbocycles. The Morgan fingerprint density at radius 1 is 1.50 bits per heavy atom. The van der Waals surface area contributed by atoms with Gasteiger partial charge in [0, 0.05) is 11.6 Å². The molecule has 0 saturated heterocycles. The van der Waals surface area contributed by atoms with Crippen LogP contribution in [0.2, 0.25) is 0 Å². The van der Waals surface area contributed by atoms with Crippen LogP contribution >= 0.6 is 0 Å². The molecule has 1 heterocycles. The number of hydrogen-bond acceptors (Lipinski definition) is 2. The Labute approximate surface area is 72.7 Å². The first-order valence-corrected chi connectivity index (χ1v) is 4.42. The van der Waals surface area contributed by atoms with Gasteiger partial charge in [-0.05, 0) is 30.7 Å². The van der Waals surface area contributed by atoms with Gasteiger partial charge in [0.15, 0.2) is 0 Å². The van der Waals surface area contributed by atoms with Crippen molar-refractivity contribution in [1.82, 2.24) is 0 Å². The molecule has 0 aromatic carbocycles. The van der Waals surface area contributed by atoms with Crippen LogP contribution in [0.25, 0.3) is 0 Å². The summed E-state index contributed by atoms with van der Waals surface area (Å²) in [5, 5.41) is 0. The standard InChI is InChI=1S/C10H15NO/c1-7-5-12-6-8(7)9(11)10(2)3-4-10/h5-6,9H,3-4,11H2,1-2H3. The third kappa shape index (κ3) is 1.07. The molecule has 2 rings (SSSR count). The van der Waals surface area contributed by atoms with Gasteiger partial charge in [-0.2, -0.15) is 0 Å². The van der Waals surface area contributed by atoms with Crippen LogP contribution in [0.15, 0.2) is 16.9 Å². The highest BCUT2D eigenvalue weighted by Gasteiger charge is 2.44. The van der Waals surface area contributed by atoms with Crippen molar-refractivity contribution in [3.63, 3.8) is 0 Å². The highest BCUT2D eigenvalue weighted by atomic mass is 16.3. The van der Waals surface area contributed by atoms with Gasteiger partial charge >= 0.3 is 0 Å². The Balaban J connectivity index is 2.25. The molecule has 2 heteroatoms. The molecule has 1 aromatic rings. The van der Waals surface area contributed by atoms with Gasteiger partial charge in [0.2, 0.25) is 0 Å². The highest BCUT2D eigenvalue weighted by molar-refractivity contribution is 5.26. The number of nitrogens with two attached hydrogens (primary N) is 1. The summed E-state index contributed by atoms with van der Waals surface area (Å²) >= 11 is 0. The van der Waals surface area contributed by atoms with Crippen molar-refractivity contribution in [2.75, 3.05) is 0 Å². The van der Waals surface area contributed by atoms with E-state index in [0.717, 1.165) is 0 Å². The van der Waals surface area contributed by atoms with Crippen molar-refractivity contribution in [1.29, 1.82) is 0 Å². The number of hydrogen-bond donors (Lipinski definition) is 1. The Morgan fingerprint density at radius 2 is 2.17 bits per heavy atom. The van der Waals surface area contributed by atoms with E-state index in [2.05, 4.69) is 6.92 Å². The molecule has 0 amide bonds. The van der Waals surface area contributed by atoms with E-state index in [1.807, 2.05) is 6.92 Å². The quantitative estimate of drug-likeness (QED) is 0.730. The lowest BCUT2D eigenvalue weighted by Crippen LogP contribution is -2.20. The molecule has 1 aliphatic carbocycles. The number of rotatable bonds is 2. The Bertz CT molecular complexity index is 286. The predicted molar refractivity (Wildman–Crippen MR) is 47.7 cm³/mol. The molecule has 1 aromatic heterocycles.